The molecule has 1 aliphatic heterocycles. The van der Waals surface area contributed by atoms with Crippen LogP contribution in [0.5, 0.6) is 0 Å². The molecule has 1 amide bonds. The molecular weight excluding hydrogens is 336 g/mol. The van der Waals surface area contributed by atoms with Crippen molar-refractivity contribution in [1.29, 1.82) is 0 Å². The summed E-state index contributed by atoms with van der Waals surface area (Å²) in [6, 6.07) is 7.35. The fraction of sp³-hybridized carbons (Fsp3) is 0.471. The molecule has 1 aromatic carbocycles. The van der Waals surface area contributed by atoms with Gasteiger partial charge in [0.15, 0.2) is 0 Å². The van der Waals surface area contributed by atoms with Gasteiger partial charge in [-0.3, -0.25) is 4.79 Å². The monoisotopic (exact) mass is 358 g/mol. The van der Waals surface area contributed by atoms with Crippen molar-refractivity contribution in [2.75, 3.05) is 38.2 Å². The number of rotatable bonds is 6. The molecule has 3 rings (SSSR count). The maximum atomic E-state index is 12.3. The number of amides is 1. The van der Waals surface area contributed by atoms with E-state index in [1.165, 1.54) is 7.11 Å². The van der Waals surface area contributed by atoms with Crippen molar-refractivity contribution in [1.82, 2.24) is 25.1 Å². The summed E-state index contributed by atoms with van der Waals surface area (Å²) in [7, 11) is 1.37. The zero-order valence-electron chi connectivity index (χ0n) is 14.7. The van der Waals surface area contributed by atoms with Gasteiger partial charge >= 0.3 is 5.97 Å². The smallest absolute Gasteiger partial charge is 0.337 e. The minimum absolute atomic E-state index is 0.166. The highest BCUT2D eigenvalue weighted by molar-refractivity contribution is 5.89. The van der Waals surface area contributed by atoms with E-state index in [4.69, 9.17) is 4.74 Å². The minimum atomic E-state index is -0.339. The predicted molar refractivity (Wildman–Crippen MR) is 93.6 cm³/mol. The number of esters is 1. The van der Waals surface area contributed by atoms with E-state index in [0.29, 0.717) is 31.6 Å². The van der Waals surface area contributed by atoms with Gasteiger partial charge in [0, 0.05) is 44.8 Å². The summed E-state index contributed by atoms with van der Waals surface area (Å²) in [5, 5.41) is 10.9. The molecule has 0 bridgehead atoms. The average molecular weight is 358 g/mol. The maximum absolute atomic E-state index is 12.3. The number of hydrogen-bond donors (Lipinski definition) is 0. The van der Waals surface area contributed by atoms with Crippen LogP contribution in [-0.2, 0) is 16.1 Å². The van der Waals surface area contributed by atoms with Crippen molar-refractivity contribution < 1.29 is 14.3 Å². The number of tetrazole rings is 1. The second-order valence-electron chi connectivity index (χ2n) is 6.08. The SMILES string of the molecule is COC(=O)c1ccc(N2CCN(C(=O)CCCn3cnnn3)CC2)cc1. The number of anilines is 1. The Balaban J connectivity index is 1.44. The van der Waals surface area contributed by atoms with Gasteiger partial charge in [-0.2, -0.15) is 0 Å². The number of ether oxygens (including phenoxy) is 1. The van der Waals surface area contributed by atoms with Crippen LogP contribution >= 0.6 is 0 Å². The maximum Gasteiger partial charge on any atom is 0.337 e. The van der Waals surface area contributed by atoms with Crippen molar-refractivity contribution in [3.63, 3.8) is 0 Å². The largest absolute Gasteiger partial charge is 0.465 e. The second-order valence-corrected chi connectivity index (χ2v) is 6.08. The van der Waals surface area contributed by atoms with Crippen LogP contribution in [0.15, 0.2) is 30.6 Å². The summed E-state index contributed by atoms with van der Waals surface area (Å²) in [5.74, 6) is -0.174. The number of benzene rings is 1. The third-order valence-electron chi connectivity index (χ3n) is 4.46. The molecule has 0 N–H and O–H groups in total. The summed E-state index contributed by atoms with van der Waals surface area (Å²) in [5.41, 5.74) is 1.58. The number of carbonyl (C=O) groups is 2. The van der Waals surface area contributed by atoms with Crippen LogP contribution < -0.4 is 4.90 Å². The van der Waals surface area contributed by atoms with Crippen molar-refractivity contribution in [2.45, 2.75) is 19.4 Å². The van der Waals surface area contributed by atoms with Gasteiger partial charge in [0.1, 0.15) is 6.33 Å². The number of carbonyl (C=O) groups excluding carboxylic acids is 2. The van der Waals surface area contributed by atoms with Crippen LogP contribution in [0.2, 0.25) is 0 Å². The first-order valence-electron chi connectivity index (χ1n) is 8.59. The standard InChI is InChI=1S/C17H22N6O3/c1-26-17(25)14-4-6-15(7-5-14)21-9-11-22(12-10-21)16(24)3-2-8-23-13-18-19-20-23/h4-7,13H,2-3,8-12H2,1H3. The molecule has 1 aliphatic rings. The molecule has 26 heavy (non-hydrogen) atoms. The molecule has 2 heterocycles. The third-order valence-corrected chi connectivity index (χ3v) is 4.46. The molecule has 0 aliphatic carbocycles. The number of aryl methyl sites for hydroxylation is 1. The molecule has 0 radical (unpaired) electrons. The van der Waals surface area contributed by atoms with E-state index in [9.17, 15) is 9.59 Å². The Kier molecular flexibility index (Phi) is 5.77. The first-order chi connectivity index (χ1) is 12.7. The molecule has 0 atom stereocenters. The fourth-order valence-electron chi connectivity index (χ4n) is 2.97. The van der Waals surface area contributed by atoms with Crippen molar-refractivity contribution >= 4 is 17.6 Å². The highest BCUT2D eigenvalue weighted by Crippen LogP contribution is 2.18. The van der Waals surface area contributed by atoms with Crippen LogP contribution in [0.4, 0.5) is 5.69 Å². The van der Waals surface area contributed by atoms with E-state index in [1.54, 1.807) is 23.1 Å². The predicted octanol–water partition coefficient (Wildman–Crippen LogP) is 0.589. The Bertz CT molecular complexity index is 723. The van der Waals surface area contributed by atoms with Gasteiger partial charge in [0.05, 0.1) is 12.7 Å². The zero-order chi connectivity index (χ0) is 18.4. The van der Waals surface area contributed by atoms with Crippen LogP contribution in [-0.4, -0.2) is 70.3 Å². The quantitative estimate of drug-likeness (QED) is 0.698. The summed E-state index contributed by atoms with van der Waals surface area (Å²) in [6.45, 7) is 3.59. The van der Waals surface area contributed by atoms with Gasteiger partial charge in [0.2, 0.25) is 5.91 Å². The Labute approximate surface area is 151 Å². The molecule has 0 unspecified atom stereocenters. The van der Waals surface area contributed by atoms with Crippen LogP contribution in [0.25, 0.3) is 0 Å². The van der Waals surface area contributed by atoms with Gasteiger partial charge in [-0.25, -0.2) is 9.48 Å². The van der Waals surface area contributed by atoms with E-state index >= 15 is 0 Å². The number of aromatic nitrogens is 4. The Morgan fingerprint density at radius 3 is 2.46 bits per heavy atom. The molecule has 0 spiro atoms. The number of piperazine rings is 1. The summed E-state index contributed by atoms with van der Waals surface area (Å²) < 4.78 is 6.34. The van der Waals surface area contributed by atoms with Crippen molar-refractivity contribution in [2.24, 2.45) is 0 Å². The normalized spacial score (nSPS) is 14.3. The van der Waals surface area contributed by atoms with Gasteiger partial charge in [-0.15, -0.1) is 5.10 Å². The molecule has 1 fully saturated rings. The summed E-state index contributed by atoms with van der Waals surface area (Å²) in [6.07, 6.45) is 2.77. The topological polar surface area (TPSA) is 93.5 Å². The van der Waals surface area contributed by atoms with Crippen LogP contribution in [0.1, 0.15) is 23.2 Å². The van der Waals surface area contributed by atoms with Crippen molar-refractivity contribution in [3.8, 4) is 0 Å². The molecular formula is C17H22N6O3. The molecule has 2 aromatic rings. The highest BCUT2D eigenvalue weighted by Gasteiger charge is 2.21. The molecule has 0 saturated carbocycles. The van der Waals surface area contributed by atoms with E-state index in [0.717, 1.165) is 25.2 Å². The van der Waals surface area contributed by atoms with E-state index in [-0.39, 0.29) is 11.9 Å². The van der Waals surface area contributed by atoms with Gasteiger partial charge in [-0.05, 0) is 41.1 Å². The molecule has 1 saturated heterocycles. The van der Waals surface area contributed by atoms with Gasteiger partial charge < -0.3 is 14.5 Å². The third kappa shape index (κ3) is 4.35. The van der Waals surface area contributed by atoms with Gasteiger partial charge in [-0.1, -0.05) is 0 Å². The number of methoxy groups -OCH3 is 1. The second kappa shape index (κ2) is 8.41. The number of nitrogens with zero attached hydrogens (tertiary/aromatic N) is 6. The molecule has 1 aromatic heterocycles. The lowest BCUT2D eigenvalue weighted by Crippen LogP contribution is -2.48. The van der Waals surface area contributed by atoms with Gasteiger partial charge in [0.25, 0.3) is 0 Å². The molecule has 9 nitrogen and oxygen atoms in total. The highest BCUT2D eigenvalue weighted by atomic mass is 16.5. The summed E-state index contributed by atoms with van der Waals surface area (Å²) in [4.78, 5) is 27.9. The lowest BCUT2D eigenvalue weighted by atomic mass is 10.1. The average Bonchev–Trinajstić information content (AvgIpc) is 3.21. The van der Waals surface area contributed by atoms with Crippen LogP contribution in [0, 0.1) is 0 Å². The first-order valence-corrected chi connectivity index (χ1v) is 8.59. The first kappa shape index (κ1) is 17.8. The zero-order valence-corrected chi connectivity index (χ0v) is 14.7. The number of hydrogen-bond acceptors (Lipinski definition) is 7. The minimum Gasteiger partial charge on any atom is -0.465 e. The Morgan fingerprint density at radius 1 is 1.12 bits per heavy atom. The lowest BCUT2D eigenvalue weighted by molar-refractivity contribution is -0.131. The van der Waals surface area contributed by atoms with E-state index in [1.807, 2.05) is 17.0 Å². The molecule has 9 heteroatoms. The summed E-state index contributed by atoms with van der Waals surface area (Å²) >= 11 is 0. The Morgan fingerprint density at radius 2 is 1.85 bits per heavy atom. The molecule has 138 valence electrons. The van der Waals surface area contributed by atoms with Crippen molar-refractivity contribution in [3.05, 3.63) is 36.2 Å². The Hall–Kier alpha value is -2.97. The lowest BCUT2D eigenvalue weighted by Gasteiger charge is -2.36. The van der Waals surface area contributed by atoms with E-state index < -0.39 is 0 Å². The van der Waals surface area contributed by atoms with Crippen LogP contribution in [0.3, 0.4) is 0 Å². The fourth-order valence-corrected chi connectivity index (χ4v) is 2.97. The van der Waals surface area contributed by atoms with E-state index in [2.05, 4.69) is 20.4 Å².